The SMILES string of the molecule is O=C(Nc1ccc(Cl)cc1)N1C=CC(=O)N(Cc2c(Cl)cccc2Cl)C1. The molecule has 1 aliphatic heterocycles. The molecule has 2 aromatic rings. The maximum Gasteiger partial charge on any atom is 0.327 e. The molecule has 0 fully saturated rings. The Kier molecular flexibility index (Phi) is 5.71. The lowest BCUT2D eigenvalue weighted by Gasteiger charge is -2.31. The molecule has 0 aliphatic carbocycles. The van der Waals surface area contributed by atoms with Gasteiger partial charge in [-0.25, -0.2) is 4.79 Å². The maximum absolute atomic E-state index is 12.4. The standard InChI is InChI=1S/C18H14Cl3N3O2/c19-12-4-6-13(7-5-12)22-18(26)23-9-8-17(25)24(11-23)10-14-15(20)2-1-3-16(14)21/h1-9H,10-11H2,(H,22,26). The van der Waals surface area contributed by atoms with Crippen LogP contribution >= 0.6 is 34.8 Å². The first-order valence-corrected chi connectivity index (χ1v) is 8.80. The van der Waals surface area contributed by atoms with Crippen LogP contribution in [-0.4, -0.2) is 28.4 Å². The van der Waals surface area contributed by atoms with Crippen molar-refractivity contribution in [3.05, 3.63) is 75.4 Å². The Morgan fingerprint density at radius 1 is 1.04 bits per heavy atom. The molecule has 134 valence electrons. The summed E-state index contributed by atoms with van der Waals surface area (Å²) in [6.45, 7) is 0.280. The van der Waals surface area contributed by atoms with E-state index in [0.29, 0.717) is 26.3 Å². The summed E-state index contributed by atoms with van der Waals surface area (Å²) < 4.78 is 0. The normalized spacial score (nSPS) is 13.9. The molecule has 8 heteroatoms. The van der Waals surface area contributed by atoms with Crippen LogP contribution in [-0.2, 0) is 11.3 Å². The summed E-state index contributed by atoms with van der Waals surface area (Å²) in [6, 6.07) is 11.5. The lowest BCUT2D eigenvalue weighted by molar-refractivity contribution is -0.128. The molecule has 1 N–H and O–H groups in total. The molecule has 0 aromatic heterocycles. The lowest BCUT2D eigenvalue weighted by Crippen LogP contribution is -2.45. The van der Waals surface area contributed by atoms with Crippen molar-refractivity contribution in [2.24, 2.45) is 0 Å². The summed E-state index contributed by atoms with van der Waals surface area (Å²) in [7, 11) is 0. The van der Waals surface area contributed by atoms with E-state index in [1.165, 1.54) is 22.1 Å². The van der Waals surface area contributed by atoms with E-state index in [1.54, 1.807) is 42.5 Å². The van der Waals surface area contributed by atoms with E-state index in [9.17, 15) is 9.59 Å². The number of carbonyl (C=O) groups excluding carboxylic acids is 2. The number of urea groups is 1. The first-order chi connectivity index (χ1) is 12.4. The average Bonchev–Trinajstić information content (AvgIpc) is 2.61. The van der Waals surface area contributed by atoms with E-state index >= 15 is 0 Å². The van der Waals surface area contributed by atoms with Crippen molar-refractivity contribution in [2.75, 3.05) is 12.0 Å². The number of amides is 3. The number of hydrogen-bond donors (Lipinski definition) is 1. The first-order valence-electron chi connectivity index (χ1n) is 7.67. The second-order valence-corrected chi connectivity index (χ2v) is 6.85. The van der Waals surface area contributed by atoms with Gasteiger partial charge in [-0.15, -0.1) is 0 Å². The molecule has 5 nitrogen and oxygen atoms in total. The van der Waals surface area contributed by atoms with Crippen LogP contribution in [0, 0.1) is 0 Å². The van der Waals surface area contributed by atoms with E-state index in [1.807, 2.05) is 0 Å². The number of halogens is 3. The molecular formula is C18H14Cl3N3O2. The van der Waals surface area contributed by atoms with Crippen LogP contribution in [0.25, 0.3) is 0 Å². The molecule has 0 spiro atoms. The number of nitrogens with zero attached hydrogens (tertiary/aromatic N) is 2. The van der Waals surface area contributed by atoms with Crippen LogP contribution in [0.2, 0.25) is 15.1 Å². The highest BCUT2D eigenvalue weighted by molar-refractivity contribution is 6.36. The van der Waals surface area contributed by atoms with Crippen LogP contribution in [0.15, 0.2) is 54.7 Å². The van der Waals surface area contributed by atoms with Crippen LogP contribution in [0.4, 0.5) is 10.5 Å². The van der Waals surface area contributed by atoms with Gasteiger partial charge in [0.15, 0.2) is 0 Å². The minimum atomic E-state index is -0.369. The molecule has 0 atom stereocenters. The predicted molar refractivity (Wildman–Crippen MR) is 103 cm³/mol. The highest BCUT2D eigenvalue weighted by Crippen LogP contribution is 2.26. The van der Waals surface area contributed by atoms with Gasteiger partial charge in [0.1, 0.15) is 6.67 Å². The van der Waals surface area contributed by atoms with Crippen molar-refractivity contribution in [1.29, 1.82) is 0 Å². The van der Waals surface area contributed by atoms with Crippen LogP contribution < -0.4 is 5.32 Å². The molecule has 1 heterocycles. The molecule has 3 rings (SSSR count). The highest BCUT2D eigenvalue weighted by atomic mass is 35.5. The molecule has 2 aromatic carbocycles. The van der Waals surface area contributed by atoms with Gasteiger partial charge < -0.3 is 10.2 Å². The third kappa shape index (κ3) is 4.30. The zero-order valence-corrected chi connectivity index (χ0v) is 15.7. The maximum atomic E-state index is 12.4. The second-order valence-electron chi connectivity index (χ2n) is 5.60. The fourth-order valence-corrected chi connectivity index (χ4v) is 3.07. The number of hydrogen-bond acceptors (Lipinski definition) is 2. The molecular weight excluding hydrogens is 397 g/mol. The van der Waals surface area contributed by atoms with Crippen molar-refractivity contribution in [2.45, 2.75) is 6.54 Å². The van der Waals surface area contributed by atoms with Crippen molar-refractivity contribution in [3.8, 4) is 0 Å². The topological polar surface area (TPSA) is 52.7 Å². The third-order valence-corrected chi connectivity index (χ3v) is 4.76. The number of anilines is 1. The molecule has 26 heavy (non-hydrogen) atoms. The summed E-state index contributed by atoms with van der Waals surface area (Å²) in [6.07, 6.45) is 2.77. The van der Waals surface area contributed by atoms with Gasteiger partial charge in [0.25, 0.3) is 0 Å². The van der Waals surface area contributed by atoms with Crippen molar-refractivity contribution in [1.82, 2.24) is 9.80 Å². The smallest absolute Gasteiger partial charge is 0.316 e. The zero-order valence-electron chi connectivity index (χ0n) is 13.5. The molecule has 0 saturated heterocycles. The van der Waals surface area contributed by atoms with E-state index in [0.717, 1.165) is 0 Å². The monoisotopic (exact) mass is 409 g/mol. The second kappa shape index (κ2) is 7.99. The Hall–Kier alpha value is -2.21. The molecule has 3 amide bonds. The van der Waals surface area contributed by atoms with Crippen LogP contribution in [0.5, 0.6) is 0 Å². The van der Waals surface area contributed by atoms with Gasteiger partial charge in [-0.05, 0) is 36.4 Å². The van der Waals surface area contributed by atoms with Gasteiger partial charge in [-0.3, -0.25) is 9.69 Å². The fraction of sp³-hybridized carbons (Fsp3) is 0.111. The Morgan fingerprint density at radius 2 is 1.69 bits per heavy atom. The Morgan fingerprint density at radius 3 is 2.35 bits per heavy atom. The summed E-state index contributed by atoms with van der Waals surface area (Å²) in [5.74, 6) is -0.225. The van der Waals surface area contributed by atoms with E-state index in [4.69, 9.17) is 34.8 Å². The van der Waals surface area contributed by atoms with Gasteiger partial charge in [-0.2, -0.15) is 0 Å². The van der Waals surface area contributed by atoms with Gasteiger partial charge in [0.05, 0.1) is 6.54 Å². The number of benzene rings is 2. The van der Waals surface area contributed by atoms with E-state index in [-0.39, 0.29) is 25.2 Å². The summed E-state index contributed by atoms with van der Waals surface area (Å²) in [5.41, 5.74) is 1.24. The van der Waals surface area contributed by atoms with E-state index < -0.39 is 0 Å². The van der Waals surface area contributed by atoms with Crippen molar-refractivity contribution >= 4 is 52.4 Å². The van der Waals surface area contributed by atoms with Crippen molar-refractivity contribution in [3.63, 3.8) is 0 Å². The molecule has 0 radical (unpaired) electrons. The molecule has 0 bridgehead atoms. The molecule has 0 unspecified atom stereocenters. The quantitative estimate of drug-likeness (QED) is 0.774. The average molecular weight is 411 g/mol. The largest absolute Gasteiger partial charge is 0.327 e. The van der Waals surface area contributed by atoms with E-state index in [2.05, 4.69) is 5.32 Å². The lowest BCUT2D eigenvalue weighted by atomic mass is 10.2. The zero-order chi connectivity index (χ0) is 18.7. The predicted octanol–water partition coefficient (Wildman–Crippen LogP) is 4.99. The molecule has 1 aliphatic rings. The van der Waals surface area contributed by atoms with Gasteiger partial charge in [0, 0.05) is 38.6 Å². The first kappa shape index (κ1) is 18.6. The Balaban J connectivity index is 1.71. The minimum Gasteiger partial charge on any atom is -0.316 e. The third-order valence-electron chi connectivity index (χ3n) is 3.80. The van der Waals surface area contributed by atoms with Gasteiger partial charge >= 0.3 is 6.03 Å². The van der Waals surface area contributed by atoms with Gasteiger partial charge in [0.2, 0.25) is 5.91 Å². The number of rotatable bonds is 3. The summed E-state index contributed by atoms with van der Waals surface area (Å²) in [4.78, 5) is 27.5. The Bertz CT molecular complexity index is 848. The fourth-order valence-electron chi connectivity index (χ4n) is 2.42. The Labute approximate surface area is 165 Å². The number of nitrogens with one attached hydrogen (secondary N) is 1. The summed E-state index contributed by atoms with van der Waals surface area (Å²) >= 11 is 18.2. The van der Waals surface area contributed by atoms with Crippen LogP contribution in [0.3, 0.4) is 0 Å². The molecule has 0 saturated carbocycles. The van der Waals surface area contributed by atoms with Gasteiger partial charge in [-0.1, -0.05) is 40.9 Å². The van der Waals surface area contributed by atoms with Crippen LogP contribution in [0.1, 0.15) is 5.56 Å². The number of carbonyl (C=O) groups is 2. The highest BCUT2D eigenvalue weighted by Gasteiger charge is 2.24. The summed E-state index contributed by atoms with van der Waals surface area (Å²) in [5, 5.41) is 4.26. The van der Waals surface area contributed by atoms with Crippen molar-refractivity contribution < 1.29 is 9.59 Å². The minimum absolute atomic E-state index is 0.0797.